The van der Waals surface area contributed by atoms with E-state index in [0.29, 0.717) is 0 Å². The quantitative estimate of drug-likeness (QED) is 0.272. The summed E-state index contributed by atoms with van der Waals surface area (Å²) in [5.74, 6) is 0. The molecule has 6 heteroatoms. The average molecular weight is 468 g/mol. The largest absolute Gasteiger partial charge is 0.252 e. The molecule has 0 saturated heterocycles. The molecule has 0 atom stereocenters. The van der Waals surface area contributed by atoms with Crippen molar-refractivity contribution >= 4 is 56.4 Å². The van der Waals surface area contributed by atoms with Crippen LogP contribution in [-0.4, -0.2) is 10.7 Å². The number of halogens is 2. The van der Waals surface area contributed by atoms with E-state index in [1.54, 1.807) is 11.3 Å². The van der Waals surface area contributed by atoms with Crippen molar-refractivity contribution < 1.29 is 0 Å². The van der Waals surface area contributed by atoms with E-state index in [1.807, 2.05) is 29.6 Å². The Morgan fingerprint density at radius 1 is 1.17 bits per heavy atom. The summed E-state index contributed by atoms with van der Waals surface area (Å²) in [7, 11) is 0. The van der Waals surface area contributed by atoms with E-state index in [-0.39, 0.29) is 0 Å². The lowest BCUT2D eigenvalue weighted by Gasteiger charge is -2.04. The van der Waals surface area contributed by atoms with Crippen LogP contribution in [0.4, 0.5) is 5.13 Å². The van der Waals surface area contributed by atoms with Crippen molar-refractivity contribution in [2.45, 2.75) is 13.3 Å². The molecule has 0 spiro atoms. The van der Waals surface area contributed by atoms with Gasteiger partial charge in [0.25, 0.3) is 0 Å². The number of rotatable bonds is 5. The van der Waals surface area contributed by atoms with Gasteiger partial charge in [0.1, 0.15) is 0 Å². The highest BCUT2D eigenvalue weighted by Gasteiger charge is 2.05. The number of nitrogens with one attached hydrogen (secondary N) is 1. The summed E-state index contributed by atoms with van der Waals surface area (Å²) in [6.07, 6.45) is 0.823. The molecule has 24 heavy (non-hydrogen) atoms. The zero-order valence-corrected chi connectivity index (χ0v) is 16.7. The third kappa shape index (κ3) is 4.34. The minimum atomic E-state index is 0.726. The van der Waals surface area contributed by atoms with Gasteiger partial charge in [-0.05, 0) is 58.8 Å². The van der Waals surface area contributed by atoms with E-state index < -0.39 is 0 Å². The monoisotopic (exact) mass is 467 g/mol. The number of hydrogen-bond acceptors (Lipinski definition) is 4. The summed E-state index contributed by atoms with van der Waals surface area (Å²) in [6.45, 7) is 2.08. The molecule has 0 bridgehead atoms. The van der Waals surface area contributed by atoms with Crippen molar-refractivity contribution in [2.75, 3.05) is 5.43 Å². The van der Waals surface area contributed by atoms with Crippen molar-refractivity contribution in [2.24, 2.45) is 5.10 Å². The second-order valence-corrected chi connectivity index (χ2v) is 7.62. The van der Waals surface area contributed by atoms with Gasteiger partial charge < -0.3 is 0 Å². The van der Waals surface area contributed by atoms with E-state index >= 15 is 0 Å². The molecular formula is C18H15ClIN3S. The molecule has 1 heterocycles. The molecule has 0 fully saturated rings. The lowest BCUT2D eigenvalue weighted by atomic mass is 10.1. The number of thiazole rings is 1. The van der Waals surface area contributed by atoms with Crippen LogP contribution in [0.2, 0.25) is 5.02 Å². The second kappa shape index (κ2) is 8.09. The first-order chi connectivity index (χ1) is 11.7. The van der Waals surface area contributed by atoms with Crippen LogP contribution in [0.5, 0.6) is 0 Å². The fourth-order valence-corrected chi connectivity index (χ4v) is 3.33. The molecule has 3 nitrogen and oxygen atoms in total. The smallest absolute Gasteiger partial charge is 0.203 e. The number of hydrazone groups is 1. The molecule has 3 rings (SSSR count). The Labute approximate surface area is 163 Å². The molecule has 0 unspecified atom stereocenters. The van der Waals surface area contributed by atoms with Crippen LogP contribution in [0.3, 0.4) is 0 Å². The van der Waals surface area contributed by atoms with Gasteiger partial charge in [-0.2, -0.15) is 5.10 Å². The average Bonchev–Trinajstić information content (AvgIpc) is 3.06. The Morgan fingerprint density at radius 2 is 1.88 bits per heavy atom. The van der Waals surface area contributed by atoms with Gasteiger partial charge >= 0.3 is 0 Å². The minimum absolute atomic E-state index is 0.726. The predicted molar refractivity (Wildman–Crippen MR) is 112 cm³/mol. The van der Waals surface area contributed by atoms with Crippen LogP contribution < -0.4 is 5.43 Å². The molecule has 1 N–H and O–H groups in total. The maximum absolute atomic E-state index is 5.94. The lowest BCUT2D eigenvalue weighted by Crippen LogP contribution is -2.02. The van der Waals surface area contributed by atoms with Crippen LogP contribution in [0.25, 0.3) is 11.3 Å². The van der Waals surface area contributed by atoms with Crippen molar-refractivity contribution in [3.05, 3.63) is 68.1 Å². The van der Waals surface area contributed by atoms with E-state index in [1.165, 1.54) is 3.57 Å². The highest BCUT2D eigenvalue weighted by molar-refractivity contribution is 14.1. The molecule has 0 aliphatic carbocycles. The number of nitrogens with zero attached hydrogens (tertiary/aromatic N) is 2. The fourth-order valence-electron chi connectivity index (χ4n) is 2.18. The van der Waals surface area contributed by atoms with Gasteiger partial charge in [0.05, 0.1) is 11.4 Å². The third-order valence-corrected chi connectivity index (χ3v) is 5.16. The van der Waals surface area contributed by atoms with Crippen LogP contribution in [-0.2, 0) is 0 Å². The van der Waals surface area contributed by atoms with Crippen LogP contribution in [0.1, 0.15) is 18.9 Å². The SMILES string of the molecule is CCC(=NNc1nc(-c2ccc(I)cc2)cs1)c1ccc(Cl)cc1. The molecule has 1 aromatic heterocycles. The van der Waals surface area contributed by atoms with Gasteiger partial charge in [-0.25, -0.2) is 4.98 Å². The van der Waals surface area contributed by atoms with Crippen LogP contribution in [0.15, 0.2) is 59.0 Å². The first kappa shape index (κ1) is 17.4. The normalized spacial score (nSPS) is 11.5. The number of anilines is 1. The van der Waals surface area contributed by atoms with Gasteiger partial charge in [-0.1, -0.05) is 42.8 Å². The van der Waals surface area contributed by atoms with E-state index in [0.717, 1.165) is 39.1 Å². The summed E-state index contributed by atoms with van der Waals surface area (Å²) in [5, 5.41) is 8.05. The molecule has 2 aromatic carbocycles. The van der Waals surface area contributed by atoms with Crippen LogP contribution >= 0.6 is 45.5 Å². The Morgan fingerprint density at radius 3 is 2.54 bits per heavy atom. The Kier molecular flexibility index (Phi) is 5.86. The molecule has 0 aliphatic rings. The zero-order valence-electron chi connectivity index (χ0n) is 13.0. The standard InChI is InChI=1S/C18H15ClIN3S/c1-2-16(12-3-7-14(19)8-4-12)22-23-18-21-17(11-24-18)13-5-9-15(20)10-6-13/h3-11H,2H2,1H3,(H,21,23). The molecule has 122 valence electrons. The zero-order chi connectivity index (χ0) is 16.9. The maximum atomic E-state index is 5.94. The molecule has 0 radical (unpaired) electrons. The van der Waals surface area contributed by atoms with Crippen molar-refractivity contribution in [1.82, 2.24) is 4.98 Å². The molecule has 0 saturated carbocycles. The summed E-state index contributed by atoms with van der Waals surface area (Å²) in [4.78, 5) is 4.60. The lowest BCUT2D eigenvalue weighted by molar-refractivity contribution is 1.21. The summed E-state index contributed by atoms with van der Waals surface area (Å²) in [5.41, 5.74) is 7.17. The highest BCUT2D eigenvalue weighted by Crippen LogP contribution is 2.25. The molecule has 0 aliphatic heterocycles. The highest BCUT2D eigenvalue weighted by atomic mass is 127. The number of aromatic nitrogens is 1. The Balaban J connectivity index is 1.76. The minimum Gasteiger partial charge on any atom is -0.252 e. The van der Waals surface area contributed by atoms with Crippen molar-refractivity contribution in [1.29, 1.82) is 0 Å². The van der Waals surface area contributed by atoms with E-state index in [2.05, 4.69) is 69.3 Å². The Bertz CT molecular complexity index is 841. The van der Waals surface area contributed by atoms with Crippen molar-refractivity contribution in [3.8, 4) is 11.3 Å². The third-order valence-electron chi connectivity index (χ3n) is 3.44. The van der Waals surface area contributed by atoms with E-state index in [4.69, 9.17) is 11.6 Å². The van der Waals surface area contributed by atoms with Gasteiger partial charge in [0.15, 0.2) is 0 Å². The fraction of sp³-hybridized carbons (Fsp3) is 0.111. The second-order valence-electron chi connectivity index (χ2n) is 5.08. The number of benzene rings is 2. The van der Waals surface area contributed by atoms with Crippen molar-refractivity contribution in [3.63, 3.8) is 0 Å². The van der Waals surface area contributed by atoms with E-state index in [9.17, 15) is 0 Å². The molecular weight excluding hydrogens is 453 g/mol. The first-order valence-electron chi connectivity index (χ1n) is 7.45. The van der Waals surface area contributed by atoms with Crippen LogP contribution in [0, 0.1) is 3.57 Å². The van der Waals surface area contributed by atoms with Gasteiger partial charge in [0, 0.05) is 19.5 Å². The maximum Gasteiger partial charge on any atom is 0.203 e. The molecule has 3 aromatic rings. The predicted octanol–water partition coefficient (Wildman–Crippen LogP) is 6.29. The summed E-state index contributed by atoms with van der Waals surface area (Å²) < 4.78 is 1.21. The Hall–Kier alpha value is -1.44. The van der Waals surface area contributed by atoms with Gasteiger partial charge in [0.2, 0.25) is 5.13 Å². The van der Waals surface area contributed by atoms with Gasteiger partial charge in [-0.15, -0.1) is 11.3 Å². The summed E-state index contributed by atoms with van der Waals surface area (Å²) >= 11 is 9.78. The topological polar surface area (TPSA) is 37.3 Å². The number of hydrogen-bond donors (Lipinski definition) is 1. The molecule has 0 amide bonds. The van der Waals surface area contributed by atoms with Gasteiger partial charge in [-0.3, -0.25) is 5.43 Å². The summed E-state index contributed by atoms with van der Waals surface area (Å²) in [6, 6.07) is 16.0. The first-order valence-corrected chi connectivity index (χ1v) is 9.79.